The summed E-state index contributed by atoms with van der Waals surface area (Å²) in [5.41, 5.74) is 6.06. The third kappa shape index (κ3) is 3.01. The largest absolute Gasteiger partial charge is 0.327 e. The van der Waals surface area contributed by atoms with E-state index in [9.17, 15) is 0 Å². The van der Waals surface area contributed by atoms with Crippen LogP contribution in [0.1, 0.15) is 6.92 Å². The predicted octanol–water partition coefficient (Wildman–Crippen LogP) is 0.415. The molecule has 0 rings (SSSR count). The van der Waals surface area contributed by atoms with Crippen molar-refractivity contribution in [3.63, 3.8) is 0 Å². The molecule has 7 heavy (non-hydrogen) atoms. The van der Waals surface area contributed by atoms with Gasteiger partial charge in [-0.3, -0.25) is 0 Å². The van der Waals surface area contributed by atoms with Gasteiger partial charge in [0.15, 0.2) is 0 Å². The van der Waals surface area contributed by atoms with E-state index in [-0.39, 0.29) is 0 Å². The average Bonchev–Trinajstić information content (AvgIpc) is 1.68. The molecule has 2 nitrogen and oxygen atoms in total. The van der Waals surface area contributed by atoms with E-state index in [1.54, 1.807) is 0 Å². The number of allylic oxidation sites excluding steroid dienone is 1. The number of nitrogens with zero attached hydrogens (tertiary/aromatic N) is 1. The van der Waals surface area contributed by atoms with Crippen LogP contribution in [-0.2, 0) is 0 Å². The first-order valence-electron chi connectivity index (χ1n) is 2.06. The van der Waals surface area contributed by atoms with Gasteiger partial charge >= 0.3 is 0 Å². The zero-order valence-corrected chi connectivity index (χ0v) is 4.31. The molecule has 0 radical (unpaired) electrons. The van der Waals surface area contributed by atoms with Crippen molar-refractivity contribution in [2.45, 2.75) is 6.92 Å². The molecule has 0 bridgehead atoms. The standard InChI is InChI=1S/C5H8N2/c1-5(4-7)2-3-6/h2H,4,7H2,1H3. The van der Waals surface area contributed by atoms with E-state index in [1.807, 2.05) is 13.0 Å². The second-order valence-corrected chi connectivity index (χ2v) is 1.32. The van der Waals surface area contributed by atoms with E-state index in [0.717, 1.165) is 5.57 Å². The summed E-state index contributed by atoms with van der Waals surface area (Å²) >= 11 is 0. The molecule has 0 aromatic carbocycles. The maximum absolute atomic E-state index is 7.99. The van der Waals surface area contributed by atoms with E-state index in [2.05, 4.69) is 0 Å². The van der Waals surface area contributed by atoms with Gasteiger partial charge in [0.2, 0.25) is 0 Å². The summed E-state index contributed by atoms with van der Waals surface area (Å²) in [6.07, 6.45) is 1.44. The molecular weight excluding hydrogens is 88.1 g/mol. The fourth-order valence-electron chi connectivity index (χ4n) is 0.169. The normalized spacial score (nSPS) is 10.7. The minimum atomic E-state index is 0.480. The molecule has 0 unspecified atom stereocenters. The first-order chi connectivity index (χ1) is 3.31. The summed E-state index contributed by atoms with van der Waals surface area (Å²) in [4.78, 5) is 0. The first-order valence-corrected chi connectivity index (χ1v) is 2.06. The van der Waals surface area contributed by atoms with Crippen LogP contribution in [-0.4, -0.2) is 6.54 Å². The van der Waals surface area contributed by atoms with Crippen molar-refractivity contribution < 1.29 is 0 Å². The number of hydrogen-bond acceptors (Lipinski definition) is 2. The molecule has 0 aliphatic carbocycles. The SMILES string of the molecule is CC(=CC#N)CN. The predicted molar refractivity (Wildman–Crippen MR) is 28.4 cm³/mol. The number of nitrogens with two attached hydrogens (primary N) is 1. The average molecular weight is 96.1 g/mol. The monoisotopic (exact) mass is 96.1 g/mol. The Bertz CT molecular complexity index is 108. The van der Waals surface area contributed by atoms with Gasteiger partial charge in [0.1, 0.15) is 0 Å². The lowest BCUT2D eigenvalue weighted by Crippen LogP contribution is -1.98. The third-order valence-corrected chi connectivity index (χ3v) is 0.633. The Morgan fingerprint density at radius 2 is 2.57 bits per heavy atom. The van der Waals surface area contributed by atoms with Gasteiger partial charge in [0.05, 0.1) is 6.07 Å². The zero-order chi connectivity index (χ0) is 5.70. The minimum absolute atomic E-state index is 0.480. The molecule has 0 saturated carbocycles. The molecule has 0 amide bonds. The Morgan fingerprint density at radius 3 is 2.71 bits per heavy atom. The minimum Gasteiger partial charge on any atom is -0.327 e. The maximum atomic E-state index is 7.99. The third-order valence-electron chi connectivity index (χ3n) is 0.633. The number of nitriles is 1. The van der Waals surface area contributed by atoms with Gasteiger partial charge < -0.3 is 5.73 Å². The second-order valence-electron chi connectivity index (χ2n) is 1.32. The van der Waals surface area contributed by atoms with Crippen molar-refractivity contribution >= 4 is 0 Å². The highest BCUT2D eigenvalue weighted by Gasteiger charge is 1.76. The maximum Gasteiger partial charge on any atom is 0.0911 e. The molecule has 0 aromatic rings. The van der Waals surface area contributed by atoms with E-state index in [4.69, 9.17) is 11.0 Å². The van der Waals surface area contributed by atoms with Gasteiger partial charge in [-0.05, 0) is 12.5 Å². The van der Waals surface area contributed by atoms with Crippen molar-refractivity contribution in [1.82, 2.24) is 0 Å². The van der Waals surface area contributed by atoms with Gasteiger partial charge in [0.25, 0.3) is 0 Å². The van der Waals surface area contributed by atoms with Crippen LogP contribution in [0, 0.1) is 11.3 Å². The van der Waals surface area contributed by atoms with Crippen LogP contribution in [0.3, 0.4) is 0 Å². The lowest BCUT2D eigenvalue weighted by atomic mass is 10.3. The second kappa shape index (κ2) is 3.38. The molecule has 2 heteroatoms. The highest BCUT2D eigenvalue weighted by atomic mass is 14.5. The summed E-state index contributed by atoms with van der Waals surface area (Å²) in [7, 11) is 0. The van der Waals surface area contributed by atoms with Gasteiger partial charge in [0, 0.05) is 12.6 Å². The van der Waals surface area contributed by atoms with Crippen LogP contribution in [0.4, 0.5) is 0 Å². The van der Waals surface area contributed by atoms with Crippen LogP contribution >= 0.6 is 0 Å². The zero-order valence-electron chi connectivity index (χ0n) is 4.31. The molecule has 0 aliphatic heterocycles. The van der Waals surface area contributed by atoms with E-state index in [0.29, 0.717) is 6.54 Å². The molecule has 0 spiro atoms. The van der Waals surface area contributed by atoms with Crippen molar-refractivity contribution in [1.29, 1.82) is 5.26 Å². The highest BCUT2D eigenvalue weighted by molar-refractivity contribution is 5.11. The van der Waals surface area contributed by atoms with Crippen molar-refractivity contribution in [2.75, 3.05) is 6.54 Å². The van der Waals surface area contributed by atoms with Crippen LogP contribution in [0.5, 0.6) is 0 Å². The quantitative estimate of drug-likeness (QED) is 0.481. The van der Waals surface area contributed by atoms with Crippen LogP contribution < -0.4 is 5.73 Å². The molecule has 38 valence electrons. The summed E-state index contributed by atoms with van der Waals surface area (Å²) < 4.78 is 0. The van der Waals surface area contributed by atoms with Crippen molar-refractivity contribution in [3.8, 4) is 6.07 Å². The van der Waals surface area contributed by atoms with Gasteiger partial charge in [-0.2, -0.15) is 5.26 Å². The Morgan fingerprint density at radius 1 is 2.00 bits per heavy atom. The van der Waals surface area contributed by atoms with E-state index < -0.39 is 0 Å². The summed E-state index contributed by atoms with van der Waals surface area (Å²) in [5.74, 6) is 0. The summed E-state index contributed by atoms with van der Waals surface area (Å²) in [5, 5.41) is 7.99. The first kappa shape index (κ1) is 6.19. The smallest absolute Gasteiger partial charge is 0.0911 e. The topological polar surface area (TPSA) is 49.8 Å². The van der Waals surface area contributed by atoms with Gasteiger partial charge in [-0.1, -0.05) is 0 Å². The van der Waals surface area contributed by atoms with Gasteiger partial charge in [-0.15, -0.1) is 0 Å². The molecule has 0 fully saturated rings. The van der Waals surface area contributed by atoms with Crippen molar-refractivity contribution in [2.24, 2.45) is 5.73 Å². The molecule has 0 heterocycles. The molecule has 2 N–H and O–H groups in total. The Hall–Kier alpha value is -0.810. The van der Waals surface area contributed by atoms with Crippen LogP contribution in [0.2, 0.25) is 0 Å². The van der Waals surface area contributed by atoms with Gasteiger partial charge in [-0.25, -0.2) is 0 Å². The van der Waals surface area contributed by atoms with E-state index >= 15 is 0 Å². The van der Waals surface area contributed by atoms with Crippen LogP contribution in [0.15, 0.2) is 11.6 Å². The summed E-state index contributed by atoms with van der Waals surface area (Å²) in [6, 6.07) is 1.88. The lowest BCUT2D eigenvalue weighted by Gasteiger charge is -1.84. The number of rotatable bonds is 1. The number of hydrogen-bond donors (Lipinski definition) is 1. The lowest BCUT2D eigenvalue weighted by molar-refractivity contribution is 1.14. The Labute approximate surface area is 43.2 Å². The van der Waals surface area contributed by atoms with Crippen molar-refractivity contribution in [3.05, 3.63) is 11.6 Å². The fourth-order valence-corrected chi connectivity index (χ4v) is 0.169. The summed E-state index contributed by atoms with van der Waals surface area (Å²) in [6.45, 7) is 2.30. The Balaban J connectivity index is 3.56. The molecule has 0 aromatic heterocycles. The Kier molecular flexibility index (Phi) is 2.99. The van der Waals surface area contributed by atoms with E-state index in [1.165, 1.54) is 6.08 Å². The molecule has 0 atom stereocenters. The molecular formula is C5H8N2. The molecule has 0 saturated heterocycles. The highest BCUT2D eigenvalue weighted by Crippen LogP contribution is 1.82. The fraction of sp³-hybridized carbons (Fsp3) is 0.400. The molecule has 0 aliphatic rings. The van der Waals surface area contributed by atoms with Crippen LogP contribution in [0.25, 0.3) is 0 Å².